The van der Waals surface area contributed by atoms with E-state index in [-0.39, 0.29) is 0 Å². The van der Waals surface area contributed by atoms with Crippen LogP contribution >= 0.6 is 0 Å². The van der Waals surface area contributed by atoms with Gasteiger partial charge in [0.05, 0.1) is 33.6 Å². The fourth-order valence-corrected chi connectivity index (χ4v) is 18.3. The molecule has 0 amide bonds. The van der Waals surface area contributed by atoms with Gasteiger partial charge in [0.2, 0.25) is 0 Å². The first-order valence-corrected chi connectivity index (χ1v) is 38.2. The van der Waals surface area contributed by atoms with E-state index in [9.17, 15) is 0 Å². The number of rotatable bonds is 11. The summed E-state index contributed by atoms with van der Waals surface area (Å²) in [6.45, 7) is 0. The van der Waals surface area contributed by atoms with E-state index in [0.717, 1.165) is 157 Å². The maximum atomic E-state index is 7.18. The Morgan fingerprint density at radius 3 is 0.973 bits per heavy atom. The van der Waals surface area contributed by atoms with Gasteiger partial charge in [-0.05, 0) is 155 Å². The third kappa shape index (κ3) is 10.3. The number of para-hydroxylation sites is 2. The lowest BCUT2D eigenvalue weighted by Gasteiger charge is -2.39. The summed E-state index contributed by atoms with van der Waals surface area (Å²) in [6.07, 6.45) is 0. The number of aromatic nitrogens is 4. The van der Waals surface area contributed by atoms with Crippen molar-refractivity contribution in [3.05, 3.63) is 445 Å². The van der Waals surface area contributed by atoms with Gasteiger partial charge in [0.1, 0.15) is 23.0 Å². The molecule has 1 atom stereocenters. The minimum absolute atomic E-state index is 0.510. The van der Waals surface area contributed by atoms with Crippen LogP contribution in [0, 0.1) is 0 Å². The summed E-state index contributed by atoms with van der Waals surface area (Å²) < 4.78 is 14.1. The van der Waals surface area contributed by atoms with Crippen LogP contribution in [0.1, 0.15) is 44.5 Å². The standard InChI is InChI=1S/C106H66N4O2/c1-4-26-69(27-5-1)95-66-98(108-103(107-95)78-35-25-32-72(61-78)67-50-52-68(53-51-67)75-55-58-93-101(63-75)111-99-48-22-20-46-91(99)105(93)87-43-17-14-39-82(87)83-40-15-18-44-88(83)105)77-34-24-33-73(60-77)74-54-57-90-86(62-74)84-41-16-19-45-89(84)106(90)92-47-21-23-49-100(92)112-102-64-76(56-59-94(102)106)79-36-10-11-37-80(79)81-38-12-13-42-85(81)104-109-96(70-28-6-2-7-29-70)65-97(110-104)71-30-8-3-9-31-71/h1-66H. The smallest absolute Gasteiger partial charge is 0.161 e. The molecule has 16 aromatic carbocycles. The summed E-state index contributed by atoms with van der Waals surface area (Å²) in [7, 11) is 0. The van der Waals surface area contributed by atoms with Gasteiger partial charge in [0.15, 0.2) is 11.6 Å². The molecule has 0 saturated carbocycles. The molecule has 18 aromatic rings. The Morgan fingerprint density at radius 2 is 0.455 bits per heavy atom. The predicted octanol–water partition coefficient (Wildman–Crippen LogP) is 26.5. The molecular formula is C106H66N4O2. The van der Waals surface area contributed by atoms with Gasteiger partial charge >= 0.3 is 0 Å². The molecule has 2 aliphatic heterocycles. The quantitative estimate of drug-likeness (QED) is 0.129. The molecule has 6 nitrogen and oxygen atoms in total. The Labute approximate surface area is 649 Å². The minimum Gasteiger partial charge on any atom is -0.457 e. The minimum atomic E-state index is -0.695. The van der Waals surface area contributed by atoms with Crippen molar-refractivity contribution >= 4 is 0 Å². The van der Waals surface area contributed by atoms with Crippen LogP contribution in [0.4, 0.5) is 0 Å². The molecule has 2 aromatic heterocycles. The van der Waals surface area contributed by atoms with Crippen LogP contribution < -0.4 is 9.47 Å². The molecule has 0 N–H and O–H groups in total. The van der Waals surface area contributed by atoms with E-state index < -0.39 is 10.8 Å². The van der Waals surface area contributed by atoms with Crippen molar-refractivity contribution in [2.45, 2.75) is 10.8 Å². The largest absolute Gasteiger partial charge is 0.457 e. The summed E-state index contributed by atoms with van der Waals surface area (Å²) in [5.74, 6) is 4.69. The van der Waals surface area contributed by atoms with E-state index in [1.165, 1.54) is 44.5 Å². The van der Waals surface area contributed by atoms with Crippen LogP contribution in [-0.4, -0.2) is 19.9 Å². The second kappa shape index (κ2) is 26.0. The van der Waals surface area contributed by atoms with Gasteiger partial charge in [-0.25, -0.2) is 19.9 Å². The zero-order valence-electron chi connectivity index (χ0n) is 60.7. The highest BCUT2D eigenvalue weighted by atomic mass is 16.5. The van der Waals surface area contributed by atoms with Crippen molar-refractivity contribution in [3.8, 4) is 169 Å². The Bertz CT molecular complexity index is 6730. The van der Waals surface area contributed by atoms with Gasteiger partial charge in [0, 0.05) is 55.6 Å². The molecule has 2 aliphatic carbocycles. The van der Waals surface area contributed by atoms with Crippen molar-refractivity contribution in [2.24, 2.45) is 0 Å². The van der Waals surface area contributed by atoms with Gasteiger partial charge in [-0.1, -0.05) is 346 Å². The molecule has 0 fully saturated rings. The van der Waals surface area contributed by atoms with Crippen LogP contribution in [-0.2, 0) is 10.8 Å². The van der Waals surface area contributed by atoms with Crippen molar-refractivity contribution in [1.29, 1.82) is 0 Å². The fourth-order valence-electron chi connectivity index (χ4n) is 18.3. The molecule has 6 heteroatoms. The number of fused-ring (bicyclic) bond motifs is 18. The third-order valence-electron chi connectivity index (χ3n) is 23.3. The van der Waals surface area contributed by atoms with Crippen molar-refractivity contribution in [3.63, 3.8) is 0 Å². The van der Waals surface area contributed by atoms with Crippen LogP contribution in [0.2, 0.25) is 0 Å². The first kappa shape index (κ1) is 64.5. The molecule has 0 radical (unpaired) electrons. The number of nitrogens with zero attached hydrogens (tertiary/aromatic N) is 4. The van der Waals surface area contributed by atoms with Crippen molar-refractivity contribution in [1.82, 2.24) is 19.9 Å². The molecule has 0 bridgehead atoms. The second-order valence-electron chi connectivity index (χ2n) is 29.4. The summed E-state index contributed by atoms with van der Waals surface area (Å²) in [4.78, 5) is 21.4. The molecule has 1 unspecified atom stereocenters. The summed E-state index contributed by atoms with van der Waals surface area (Å²) in [5.41, 5.74) is 33.3. The number of hydrogen-bond donors (Lipinski definition) is 0. The highest BCUT2D eigenvalue weighted by Gasteiger charge is 2.53. The van der Waals surface area contributed by atoms with Gasteiger partial charge in [-0.3, -0.25) is 0 Å². The van der Waals surface area contributed by atoms with E-state index in [1.807, 2.05) is 18.2 Å². The van der Waals surface area contributed by atoms with Gasteiger partial charge in [-0.2, -0.15) is 0 Å². The van der Waals surface area contributed by atoms with E-state index >= 15 is 0 Å². The monoisotopic (exact) mass is 1430 g/mol. The molecule has 4 aliphatic rings. The highest BCUT2D eigenvalue weighted by molar-refractivity contribution is 5.96. The first-order chi connectivity index (χ1) is 55.5. The Morgan fingerprint density at radius 1 is 0.152 bits per heavy atom. The molecule has 0 saturated heterocycles. The lowest BCUT2D eigenvalue weighted by Crippen LogP contribution is -2.32. The maximum Gasteiger partial charge on any atom is 0.161 e. The van der Waals surface area contributed by atoms with Crippen molar-refractivity contribution in [2.75, 3.05) is 0 Å². The lowest BCUT2D eigenvalue weighted by atomic mass is 9.66. The number of hydrogen-bond acceptors (Lipinski definition) is 6. The predicted molar refractivity (Wildman–Crippen MR) is 452 cm³/mol. The number of ether oxygens (including phenoxy) is 2. The van der Waals surface area contributed by atoms with Crippen LogP contribution in [0.3, 0.4) is 0 Å². The summed E-state index contributed by atoms with van der Waals surface area (Å²) in [6, 6.07) is 143. The zero-order chi connectivity index (χ0) is 73.9. The highest BCUT2D eigenvalue weighted by Crippen LogP contribution is 2.65. The average Bonchev–Trinajstić information content (AvgIpc) is 1.56. The zero-order valence-corrected chi connectivity index (χ0v) is 60.7. The average molecular weight is 1430 g/mol. The SMILES string of the molecule is c1ccc(-c2cc(-c3cccc(-c4ccc5c(c4)-c4ccccc4C54c5ccccc5Oc5cc(-c6ccccc6-c6ccccc6-c6nc(-c7ccccc7)cc(-c7ccccc7)n6)ccc54)c3)nc(-c3cccc(-c4ccc(-c5ccc6c(c5)Oc5ccccc5C65c6ccccc6-c6ccccc65)cc4)c3)n2)cc1. The lowest BCUT2D eigenvalue weighted by molar-refractivity contribution is 0.436. The molecule has 2 spiro atoms. The van der Waals surface area contributed by atoms with Crippen LogP contribution in [0.15, 0.2) is 400 Å². The summed E-state index contributed by atoms with van der Waals surface area (Å²) in [5, 5.41) is 0. The second-order valence-corrected chi connectivity index (χ2v) is 29.4. The van der Waals surface area contributed by atoms with Gasteiger partial charge in [-0.15, -0.1) is 0 Å². The Kier molecular flexibility index (Phi) is 15.0. The van der Waals surface area contributed by atoms with Crippen LogP contribution in [0.5, 0.6) is 23.0 Å². The molecular weight excluding hydrogens is 1360 g/mol. The van der Waals surface area contributed by atoms with Crippen LogP contribution in [0.25, 0.3) is 146 Å². The Balaban J connectivity index is 0.593. The number of benzene rings is 16. The fraction of sp³-hybridized carbons (Fsp3) is 0.0189. The normalized spacial score (nSPS) is 14.0. The maximum absolute atomic E-state index is 7.18. The van der Waals surface area contributed by atoms with E-state index in [0.29, 0.717) is 11.6 Å². The molecule has 4 heterocycles. The topological polar surface area (TPSA) is 70.0 Å². The molecule has 522 valence electrons. The van der Waals surface area contributed by atoms with E-state index in [1.54, 1.807) is 0 Å². The Hall–Kier alpha value is -14.7. The van der Waals surface area contributed by atoms with Gasteiger partial charge < -0.3 is 9.47 Å². The molecule has 22 rings (SSSR count). The first-order valence-electron chi connectivity index (χ1n) is 38.2. The molecule has 112 heavy (non-hydrogen) atoms. The van der Waals surface area contributed by atoms with E-state index in [4.69, 9.17) is 29.4 Å². The van der Waals surface area contributed by atoms with E-state index in [2.05, 4.69) is 382 Å². The summed E-state index contributed by atoms with van der Waals surface area (Å²) >= 11 is 0. The third-order valence-corrected chi connectivity index (χ3v) is 23.3. The van der Waals surface area contributed by atoms with Gasteiger partial charge in [0.25, 0.3) is 0 Å². The van der Waals surface area contributed by atoms with Crippen molar-refractivity contribution < 1.29 is 9.47 Å².